The van der Waals surface area contributed by atoms with Crippen LogP contribution in [0, 0.1) is 10.1 Å². The number of ether oxygens (including phenoxy) is 1. The van der Waals surface area contributed by atoms with Gasteiger partial charge in [-0.15, -0.1) is 0 Å². The number of nitrogens with two attached hydrogens (primary N) is 1. The summed E-state index contributed by atoms with van der Waals surface area (Å²) in [5.41, 5.74) is 6.14. The molecule has 1 amide bonds. The van der Waals surface area contributed by atoms with Gasteiger partial charge in [-0.25, -0.2) is 4.39 Å². The highest BCUT2D eigenvalue weighted by molar-refractivity contribution is 6.18. The Morgan fingerprint density at radius 3 is 2.48 bits per heavy atom. The van der Waals surface area contributed by atoms with Gasteiger partial charge in [-0.05, 0) is 38.0 Å². The summed E-state index contributed by atoms with van der Waals surface area (Å²) in [6.45, 7) is 5.10. The molecule has 1 fully saturated rings. The van der Waals surface area contributed by atoms with E-state index in [1.54, 1.807) is 6.08 Å². The first-order valence-corrected chi connectivity index (χ1v) is 10.7. The number of amides is 1. The third-order valence-corrected chi connectivity index (χ3v) is 5.73. The van der Waals surface area contributed by atoms with Crippen molar-refractivity contribution in [3.8, 4) is 5.75 Å². The summed E-state index contributed by atoms with van der Waals surface area (Å²) in [6, 6.07) is 2.55. The number of halogens is 1. The molecular formula is C23H27FN4O5. The number of ketones is 1. The van der Waals surface area contributed by atoms with Crippen LogP contribution in [0.1, 0.15) is 36.5 Å². The smallest absolute Gasteiger partial charge is 0.293 e. The topological polar surface area (TPSA) is 128 Å². The van der Waals surface area contributed by atoms with Crippen LogP contribution in [-0.2, 0) is 4.79 Å². The van der Waals surface area contributed by atoms with E-state index in [1.807, 2.05) is 0 Å². The van der Waals surface area contributed by atoms with Gasteiger partial charge < -0.3 is 20.7 Å². The minimum atomic E-state index is -0.602. The van der Waals surface area contributed by atoms with E-state index in [1.165, 1.54) is 31.4 Å². The van der Waals surface area contributed by atoms with Crippen molar-refractivity contribution in [2.24, 2.45) is 0 Å². The SMILES string of the molecule is CCCN1CCC(NC(=O)c2cc([N+](=O)[O-])c(N)cc2OC)CC1.O=C1C2=CC(F)=C1C=C2. The average molecular weight is 458 g/mol. The lowest BCUT2D eigenvalue weighted by Crippen LogP contribution is -2.44. The van der Waals surface area contributed by atoms with Gasteiger partial charge >= 0.3 is 0 Å². The number of Topliss-reactive ketones (excluding diaryl/α,β-unsaturated/α-hetero) is 1. The predicted molar refractivity (Wildman–Crippen MR) is 122 cm³/mol. The molecule has 4 rings (SSSR count). The van der Waals surface area contributed by atoms with Gasteiger partial charge in [0.2, 0.25) is 0 Å². The molecule has 0 spiro atoms. The van der Waals surface area contributed by atoms with Crippen molar-refractivity contribution in [1.29, 1.82) is 0 Å². The molecule has 0 atom stereocenters. The van der Waals surface area contributed by atoms with Crippen LogP contribution in [0.2, 0.25) is 0 Å². The number of nitrogens with zero attached hydrogens (tertiary/aromatic N) is 2. The zero-order valence-electron chi connectivity index (χ0n) is 18.6. The summed E-state index contributed by atoms with van der Waals surface area (Å²) in [4.78, 5) is 36.1. The molecule has 3 N–H and O–H groups in total. The molecule has 2 bridgehead atoms. The number of nitro benzene ring substituents is 1. The van der Waals surface area contributed by atoms with E-state index in [9.17, 15) is 24.1 Å². The molecule has 33 heavy (non-hydrogen) atoms. The number of likely N-dealkylation sites (tertiary alicyclic amines) is 1. The highest BCUT2D eigenvalue weighted by Gasteiger charge is 2.27. The number of allylic oxidation sites excluding steroid dienone is 6. The minimum Gasteiger partial charge on any atom is -0.496 e. The van der Waals surface area contributed by atoms with Crippen molar-refractivity contribution < 1.29 is 23.6 Å². The number of hydrogen-bond donors (Lipinski definition) is 2. The van der Waals surface area contributed by atoms with Crippen molar-refractivity contribution in [2.45, 2.75) is 32.2 Å². The number of nitrogen functional groups attached to an aromatic ring is 1. The van der Waals surface area contributed by atoms with Crippen molar-refractivity contribution in [2.75, 3.05) is 32.5 Å². The molecule has 0 aromatic heterocycles. The number of anilines is 1. The maximum absolute atomic E-state index is 12.5. The number of nitrogens with one attached hydrogen (secondary N) is 1. The largest absolute Gasteiger partial charge is 0.496 e. The third kappa shape index (κ3) is 5.46. The normalized spacial score (nSPS) is 17.5. The molecule has 0 unspecified atom stereocenters. The molecule has 1 aromatic rings. The summed E-state index contributed by atoms with van der Waals surface area (Å²) in [5, 5.41) is 14.0. The Labute approximate surface area is 190 Å². The Hall–Kier alpha value is -3.53. The van der Waals surface area contributed by atoms with Gasteiger partial charge in [0, 0.05) is 36.8 Å². The van der Waals surface area contributed by atoms with Crippen LogP contribution in [0.25, 0.3) is 0 Å². The van der Waals surface area contributed by atoms with Crippen LogP contribution in [0.15, 0.2) is 47.3 Å². The first kappa shape index (κ1) is 24.1. The number of fused-ring (bicyclic) bond motifs is 2. The Balaban J connectivity index is 0.000000280. The quantitative estimate of drug-likeness (QED) is 0.381. The fourth-order valence-electron chi connectivity index (χ4n) is 3.96. The summed E-state index contributed by atoms with van der Waals surface area (Å²) >= 11 is 0. The Bertz CT molecular complexity index is 1060. The van der Waals surface area contributed by atoms with E-state index >= 15 is 0 Å². The molecular weight excluding hydrogens is 431 g/mol. The summed E-state index contributed by atoms with van der Waals surface area (Å²) in [7, 11) is 1.40. The van der Waals surface area contributed by atoms with Gasteiger partial charge in [-0.3, -0.25) is 19.7 Å². The van der Waals surface area contributed by atoms with Crippen LogP contribution in [0.4, 0.5) is 15.8 Å². The van der Waals surface area contributed by atoms with Gasteiger partial charge in [-0.2, -0.15) is 0 Å². The molecule has 176 valence electrons. The summed E-state index contributed by atoms with van der Waals surface area (Å²) < 4.78 is 17.5. The molecule has 9 nitrogen and oxygen atoms in total. The van der Waals surface area contributed by atoms with Crippen LogP contribution in [-0.4, -0.2) is 54.3 Å². The lowest BCUT2D eigenvalue weighted by molar-refractivity contribution is -0.383. The summed E-state index contributed by atoms with van der Waals surface area (Å²) in [5.74, 6) is -0.701. The second kappa shape index (κ2) is 10.4. The Kier molecular flexibility index (Phi) is 7.59. The van der Waals surface area contributed by atoms with Gasteiger partial charge in [0.05, 0.1) is 23.2 Å². The zero-order valence-corrected chi connectivity index (χ0v) is 18.6. The Morgan fingerprint density at radius 1 is 1.33 bits per heavy atom. The lowest BCUT2D eigenvalue weighted by Gasteiger charge is -2.32. The van der Waals surface area contributed by atoms with Crippen LogP contribution in [0.5, 0.6) is 5.75 Å². The van der Waals surface area contributed by atoms with Crippen LogP contribution >= 0.6 is 0 Å². The van der Waals surface area contributed by atoms with E-state index in [0.29, 0.717) is 5.57 Å². The van der Waals surface area contributed by atoms with Gasteiger partial charge in [-0.1, -0.05) is 13.0 Å². The van der Waals surface area contributed by atoms with E-state index < -0.39 is 10.8 Å². The van der Waals surface area contributed by atoms with E-state index in [-0.39, 0.29) is 46.0 Å². The van der Waals surface area contributed by atoms with E-state index in [0.717, 1.165) is 38.9 Å². The van der Waals surface area contributed by atoms with Gasteiger partial charge in [0.15, 0.2) is 5.78 Å². The highest BCUT2D eigenvalue weighted by atomic mass is 19.1. The van der Waals surface area contributed by atoms with Gasteiger partial charge in [0.25, 0.3) is 11.6 Å². The molecule has 1 aromatic carbocycles. The second-order valence-electron chi connectivity index (χ2n) is 7.98. The Morgan fingerprint density at radius 2 is 2.03 bits per heavy atom. The molecule has 0 radical (unpaired) electrons. The molecule has 1 heterocycles. The first-order valence-electron chi connectivity index (χ1n) is 10.7. The van der Waals surface area contributed by atoms with E-state index in [2.05, 4.69) is 17.1 Å². The van der Waals surface area contributed by atoms with Crippen molar-refractivity contribution >= 4 is 23.1 Å². The molecule has 1 aliphatic heterocycles. The monoisotopic (exact) mass is 458 g/mol. The lowest BCUT2D eigenvalue weighted by atomic mass is 10.0. The number of piperidine rings is 1. The fourth-order valence-corrected chi connectivity index (χ4v) is 3.96. The third-order valence-electron chi connectivity index (χ3n) is 5.73. The van der Waals surface area contributed by atoms with Gasteiger partial charge in [0.1, 0.15) is 17.3 Å². The predicted octanol–water partition coefficient (Wildman–Crippen LogP) is 3.08. The minimum absolute atomic E-state index is 0.0266. The van der Waals surface area contributed by atoms with E-state index in [4.69, 9.17) is 10.5 Å². The average Bonchev–Trinajstić information content (AvgIpc) is 3.28. The number of methoxy groups -OCH3 is 1. The molecule has 0 saturated carbocycles. The molecule has 3 aliphatic rings. The maximum atomic E-state index is 12.5. The standard InChI is InChI=1S/C16H24N4O4.C7H3FO/c1-3-6-19-7-4-11(5-8-19)18-16(21)12-9-14(20(22)23)13(17)10-15(12)24-2;8-6-3-4-1-2-5(6)7(4)9/h9-11H,3-8,17H2,1-2H3,(H,18,21);1-3H. The van der Waals surface area contributed by atoms with Crippen molar-refractivity contribution in [3.63, 3.8) is 0 Å². The number of benzene rings is 1. The van der Waals surface area contributed by atoms with Crippen molar-refractivity contribution in [3.05, 3.63) is 63.0 Å². The first-order chi connectivity index (χ1) is 15.7. The fraction of sp³-hybridized carbons (Fsp3) is 0.391. The van der Waals surface area contributed by atoms with Crippen LogP contribution in [0.3, 0.4) is 0 Å². The number of carbonyl (C=O) groups excluding carboxylic acids is 2. The zero-order chi connectivity index (χ0) is 24.1. The number of rotatable bonds is 6. The highest BCUT2D eigenvalue weighted by Crippen LogP contribution is 2.31. The maximum Gasteiger partial charge on any atom is 0.293 e. The molecule has 1 saturated heterocycles. The van der Waals surface area contributed by atoms with Crippen molar-refractivity contribution in [1.82, 2.24) is 10.2 Å². The number of nitro groups is 1. The van der Waals surface area contributed by atoms with Crippen LogP contribution < -0.4 is 15.8 Å². The number of hydrogen-bond acceptors (Lipinski definition) is 7. The molecule has 2 aliphatic carbocycles. The molecule has 10 heteroatoms. The second-order valence-corrected chi connectivity index (χ2v) is 7.98. The number of carbonyl (C=O) groups is 2. The summed E-state index contributed by atoms with van der Waals surface area (Å²) in [6.07, 6.45) is 7.24.